The van der Waals surface area contributed by atoms with Crippen molar-refractivity contribution < 1.29 is 18.7 Å². The van der Waals surface area contributed by atoms with E-state index in [1.165, 1.54) is 6.26 Å². The topological polar surface area (TPSA) is 87.9 Å². The number of aromatic nitrogens is 1. The summed E-state index contributed by atoms with van der Waals surface area (Å²) in [5.41, 5.74) is 1.87. The standard InChI is InChI=1S/C23H22N4O4/c28-22(21-4-2-10-30-21)26-14-20(15-26)31-19-7-5-18(6-8-19)25-23(29)27-12-17(13-27)16-3-1-9-24-11-16/h1-11,17,20H,12-15H2,(H,25,29). The quantitative estimate of drug-likeness (QED) is 0.687. The maximum absolute atomic E-state index is 12.4. The van der Waals surface area contributed by atoms with Gasteiger partial charge in [0.15, 0.2) is 5.76 Å². The van der Waals surface area contributed by atoms with Crippen molar-refractivity contribution in [1.82, 2.24) is 14.8 Å². The Hall–Kier alpha value is -3.81. The van der Waals surface area contributed by atoms with Crippen LogP contribution in [0.4, 0.5) is 10.5 Å². The number of hydrogen-bond donors (Lipinski definition) is 1. The molecule has 0 bridgehead atoms. The number of carbonyl (C=O) groups excluding carboxylic acids is 2. The summed E-state index contributed by atoms with van der Waals surface area (Å²) in [6, 6.07) is 14.5. The summed E-state index contributed by atoms with van der Waals surface area (Å²) in [6.07, 6.45) is 5.04. The van der Waals surface area contributed by atoms with Gasteiger partial charge in [-0.3, -0.25) is 9.78 Å². The average Bonchev–Trinajstić information content (AvgIpc) is 3.26. The highest BCUT2D eigenvalue weighted by Gasteiger charge is 2.34. The van der Waals surface area contributed by atoms with Crippen LogP contribution in [-0.4, -0.2) is 59.0 Å². The van der Waals surface area contributed by atoms with Crippen molar-refractivity contribution in [3.63, 3.8) is 0 Å². The third kappa shape index (κ3) is 4.09. The van der Waals surface area contributed by atoms with Crippen LogP contribution in [0.1, 0.15) is 22.0 Å². The molecule has 3 amide bonds. The predicted octanol–water partition coefficient (Wildman–Crippen LogP) is 3.21. The van der Waals surface area contributed by atoms with E-state index >= 15 is 0 Å². The Kier molecular flexibility index (Phi) is 5.03. The second-order valence-electron chi connectivity index (χ2n) is 7.77. The van der Waals surface area contributed by atoms with Gasteiger partial charge in [-0.05, 0) is 48.0 Å². The molecular formula is C23H22N4O4. The lowest BCUT2D eigenvalue weighted by atomic mass is 9.93. The van der Waals surface area contributed by atoms with E-state index in [1.807, 2.05) is 42.6 Å². The van der Waals surface area contributed by atoms with E-state index in [-0.39, 0.29) is 18.0 Å². The van der Waals surface area contributed by atoms with E-state index in [0.717, 1.165) is 5.56 Å². The molecule has 8 heteroatoms. The Morgan fingerprint density at radius 1 is 1.00 bits per heavy atom. The molecule has 1 N–H and O–H groups in total. The maximum Gasteiger partial charge on any atom is 0.321 e. The molecule has 1 aromatic carbocycles. The summed E-state index contributed by atoms with van der Waals surface area (Å²) in [7, 11) is 0. The van der Waals surface area contributed by atoms with Crippen molar-refractivity contribution in [1.29, 1.82) is 0 Å². The Labute approximate surface area is 179 Å². The van der Waals surface area contributed by atoms with Crippen molar-refractivity contribution in [3.05, 3.63) is 78.5 Å². The SMILES string of the molecule is O=C(Nc1ccc(OC2CN(C(=O)c3ccco3)C2)cc1)N1CC(c2cccnc2)C1. The molecular weight excluding hydrogens is 396 g/mol. The molecule has 5 rings (SSSR count). The van der Waals surface area contributed by atoms with Gasteiger partial charge in [-0.25, -0.2) is 4.79 Å². The zero-order chi connectivity index (χ0) is 21.2. The molecule has 4 heterocycles. The van der Waals surface area contributed by atoms with Crippen molar-refractivity contribution in [2.24, 2.45) is 0 Å². The van der Waals surface area contributed by atoms with Crippen molar-refractivity contribution in [2.45, 2.75) is 12.0 Å². The molecule has 2 aromatic heterocycles. The van der Waals surface area contributed by atoms with Crippen LogP contribution in [0.2, 0.25) is 0 Å². The number of ether oxygens (including phenoxy) is 1. The second-order valence-corrected chi connectivity index (χ2v) is 7.77. The van der Waals surface area contributed by atoms with Gasteiger partial charge in [-0.2, -0.15) is 0 Å². The second kappa shape index (κ2) is 8.14. The average molecular weight is 418 g/mol. The number of amides is 3. The third-order valence-corrected chi connectivity index (χ3v) is 5.60. The number of furan rings is 1. The Morgan fingerprint density at radius 2 is 1.81 bits per heavy atom. The minimum atomic E-state index is -0.125. The van der Waals surface area contributed by atoms with Crippen LogP contribution in [0.3, 0.4) is 0 Å². The molecule has 31 heavy (non-hydrogen) atoms. The van der Waals surface area contributed by atoms with E-state index < -0.39 is 0 Å². The molecule has 0 unspecified atom stereocenters. The number of carbonyl (C=O) groups is 2. The van der Waals surface area contributed by atoms with Crippen LogP contribution in [-0.2, 0) is 0 Å². The summed E-state index contributed by atoms with van der Waals surface area (Å²) >= 11 is 0. The van der Waals surface area contributed by atoms with Crippen LogP contribution < -0.4 is 10.1 Å². The Bertz CT molecular complexity index is 1040. The fourth-order valence-corrected chi connectivity index (χ4v) is 3.72. The van der Waals surface area contributed by atoms with Gasteiger partial charge in [0.25, 0.3) is 5.91 Å². The van der Waals surface area contributed by atoms with Gasteiger partial charge in [-0.15, -0.1) is 0 Å². The molecule has 0 spiro atoms. The molecule has 2 aliphatic rings. The fraction of sp³-hybridized carbons (Fsp3) is 0.261. The third-order valence-electron chi connectivity index (χ3n) is 5.60. The highest BCUT2D eigenvalue weighted by molar-refractivity contribution is 5.92. The zero-order valence-corrected chi connectivity index (χ0v) is 16.8. The minimum Gasteiger partial charge on any atom is -0.487 e. The van der Waals surface area contributed by atoms with Crippen molar-refractivity contribution >= 4 is 17.6 Å². The lowest BCUT2D eigenvalue weighted by molar-refractivity contribution is 0.0155. The van der Waals surface area contributed by atoms with Gasteiger partial charge in [0.2, 0.25) is 0 Å². The van der Waals surface area contributed by atoms with E-state index in [9.17, 15) is 9.59 Å². The molecule has 0 saturated carbocycles. The van der Waals surface area contributed by atoms with Crippen molar-refractivity contribution in [2.75, 3.05) is 31.5 Å². The number of hydrogen-bond acceptors (Lipinski definition) is 5. The summed E-state index contributed by atoms with van der Waals surface area (Å²) in [6.45, 7) is 2.41. The van der Waals surface area contributed by atoms with E-state index in [1.54, 1.807) is 28.1 Å². The first-order chi connectivity index (χ1) is 15.2. The fourth-order valence-electron chi connectivity index (χ4n) is 3.72. The van der Waals surface area contributed by atoms with E-state index in [4.69, 9.17) is 9.15 Å². The number of benzene rings is 1. The molecule has 2 aliphatic heterocycles. The first kappa shape index (κ1) is 19.2. The number of rotatable bonds is 5. The molecule has 0 aliphatic carbocycles. The number of urea groups is 1. The first-order valence-corrected chi connectivity index (χ1v) is 10.2. The summed E-state index contributed by atoms with van der Waals surface area (Å²) in [5, 5.41) is 2.91. The number of nitrogens with zero attached hydrogens (tertiary/aromatic N) is 3. The molecule has 0 radical (unpaired) electrons. The molecule has 2 fully saturated rings. The van der Waals surface area contributed by atoms with Gasteiger partial charge in [0.1, 0.15) is 11.9 Å². The number of nitrogens with one attached hydrogen (secondary N) is 1. The Balaban J connectivity index is 1.06. The van der Waals surface area contributed by atoms with Crippen LogP contribution in [0, 0.1) is 0 Å². The van der Waals surface area contributed by atoms with E-state index in [0.29, 0.717) is 49.3 Å². The largest absolute Gasteiger partial charge is 0.487 e. The van der Waals surface area contributed by atoms with Gasteiger partial charge in [0, 0.05) is 37.1 Å². The smallest absolute Gasteiger partial charge is 0.321 e. The minimum absolute atomic E-state index is 0.0511. The van der Waals surface area contributed by atoms with E-state index in [2.05, 4.69) is 10.3 Å². The summed E-state index contributed by atoms with van der Waals surface area (Å²) in [5.74, 6) is 1.26. The maximum atomic E-state index is 12.4. The monoisotopic (exact) mass is 418 g/mol. The highest BCUT2D eigenvalue weighted by atomic mass is 16.5. The number of pyridine rings is 1. The van der Waals surface area contributed by atoms with Crippen LogP contribution in [0.25, 0.3) is 0 Å². The lowest BCUT2D eigenvalue weighted by Gasteiger charge is -2.39. The zero-order valence-electron chi connectivity index (χ0n) is 16.8. The van der Waals surface area contributed by atoms with Gasteiger partial charge in [0.05, 0.1) is 19.4 Å². The van der Waals surface area contributed by atoms with Crippen molar-refractivity contribution in [3.8, 4) is 5.75 Å². The van der Waals surface area contributed by atoms with Crippen LogP contribution in [0.15, 0.2) is 71.6 Å². The molecule has 3 aromatic rings. The molecule has 158 valence electrons. The first-order valence-electron chi connectivity index (χ1n) is 10.2. The predicted molar refractivity (Wildman–Crippen MR) is 113 cm³/mol. The van der Waals surface area contributed by atoms with Crippen LogP contribution >= 0.6 is 0 Å². The summed E-state index contributed by atoms with van der Waals surface area (Å²) < 4.78 is 11.0. The lowest BCUT2D eigenvalue weighted by Crippen LogP contribution is -2.56. The van der Waals surface area contributed by atoms with Gasteiger partial charge >= 0.3 is 6.03 Å². The normalized spacial score (nSPS) is 16.4. The highest BCUT2D eigenvalue weighted by Crippen LogP contribution is 2.27. The summed E-state index contributed by atoms with van der Waals surface area (Å²) in [4.78, 5) is 32.2. The molecule has 2 saturated heterocycles. The number of anilines is 1. The van der Waals surface area contributed by atoms with Gasteiger partial charge < -0.3 is 24.3 Å². The van der Waals surface area contributed by atoms with Crippen LogP contribution in [0.5, 0.6) is 5.75 Å². The van der Waals surface area contributed by atoms with Gasteiger partial charge in [-0.1, -0.05) is 6.07 Å². The molecule has 8 nitrogen and oxygen atoms in total. The number of likely N-dealkylation sites (tertiary alicyclic amines) is 2. The Morgan fingerprint density at radius 3 is 2.48 bits per heavy atom. The molecule has 0 atom stereocenters.